The molecule has 1 heteroatoms. The molecule has 0 heterocycles. The standard InChI is InChI=1S/C13H15F/c1-9(2)13(10(3)4)11-5-7-12(14)8-6-11/h5-8,13H,1,3H2,2,4H3. The molecule has 0 spiro atoms. The molecule has 0 aliphatic carbocycles. The minimum Gasteiger partial charge on any atom is -0.207 e. The molecular weight excluding hydrogens is 175 g/mol. The van der Waals surface area contributed by atoms with Crippen molar-refractivity contribution in [2.45, 2.75) is 19.8 Å². The van der Waals surface area contributed by atoms with Gasteiger partial charge in [0.15, 0.2) is 0 Å². The van der Waals surface area contributed by atoms with Crippen LogP contribution in [0.1, 0.15) is 25.3 Å². The van der Waals surface area contributed by atoms with Gasteiger partial charge in [-0.3, -0.25) is 0 Å². The Bertz CT molecular complexity index is 332. The lowest BCUT2D eigenvalue weighted by atomic mass is 9.88. The van der Waals surface area contributed by atoms with Gasteiger partial charge in [0.05, 0.1) is 0 Å². The minimum atomic E-state index is -0.212. The predicted molar refractivity (Wildman–Crippen MR) is 58.8 cm³/mol. The zero-order valence-corrected chi connectivity index (χ0v) is 8.68. The summed E-state index contributed by atoms with van der Waals surface area (Å²) in [5, 5.41) is 0. The van der Waals surface area contributed by atoms with Crippen molar-refractivity contribution in [3.8, 4) is 0 Å². The summed E-state index contributed by atoms with van der Waals surface area (Å²) in [4.78, 5) is 0. The van der Waals surface area contributed by atoms with Crippen molar-refractivity contribution in [3.63, 3.8) is 0 Å². The van der Waals surface area contributed by atoms with Crippen LogP contribution in [0.3, 0.4) is 0 Å². The summed E-state index contributed by atoms with van der Waals surface area (Å²) in [6, 6.07) is 6.50. The van der Waals surface area contributed by atoms with Gasteiger partial charge < -0.3 is 0 Å². The third kappa shape index (κ3) is 2.32. The Hall–Kier alpha value is -1.37. The maximum Gasteiger partial charge on any atom is 0.123 e. The molecule has 0 amide bonds. The summed E-state index contributed by atoms with van der Waals surface area (Å²) < 4.78 is 12.7. The maximum absolute atomic E-state index is 12.7. The first kappa shape index (κ1) is 10.7. The molecule has 0 unspecified atom stereocenters. The van der Waals surface area contributed by atoms with Crippen molar-refractivity contribution in [1.29, 1.82) is 0 Å². The van der Waals surface area contributed by atoms with Gasteiger partial charge in [-0.15, -0.1) is 0 Å². The summed E-state index contributed by atoms with van der Waals surface area (Å²) in [7, 11) is 0. The van der Waals surface area contributed by atoms with E-state index in [9.17, 15) is 4.39 Å². The lowest BCUT2D eigenvalue weighted by molar-refractivity contribution is 0.626. The summed E-state index contributed by atoms with van der Waals surface area (Å²) in [6.45, 7) is 11.8. The van der Waals surface area contributed by atoms with Crippen molar-refractivity contribution >= 4 is 0 Å². The first-order valence-electron chi connectivity index (χ1n) is 4.58. The van der Waals surface area contributed by atoms with E-state index in [0.29, 0.717) is 0 Å². The fourth-order valence-corrected chi connectivity index (χ4v) is 1.64. The van der Waals surface area contributed by atoms with Crippen LogP contribution in [-0.2, 0) is 0 Å². The van der Waals surface area contributed by atoms with Crippen molar-refractivity contribution in [1.82, 2.24) is 0 Å². The molecule has 0 saturated carbocycles. The summed E-state index contributed by atoms with van der Waals surface area (Å²) in [6.07, 6.45) is 0. The van der Waals surface area contributed by atoms with E-state index in [-0.39, 0.29) is 11.7 Å². The Morgan fingerprint density at radius 2 is 1.50 bits per heavy atom. The molecule has 0 aromatic heterocycles. The lowest BCUT2D eigenvalue weighted by Crippen LogP contribution is -2.00. The van der Waals surface area contributed by atoms with E-state index >= 15 is 0 Å². The molecule has 0 fully saturated rings. The number of benzene rings is 1. The highest BCUT2D eigenvalue weighted by Gasteiger charge is 2.12. The summed E-state index contributed by atoms with van der Waals surface area (Å²) in [5.41, 5.74) is 3.11. The SMILES string of the molecule is C=C(C)C(C(=C)C)c1ccc(F)cc1. The molecule has 0 N–H and O–H groups in total. The van der Waals surface area contributed by atoms with Gasteiger partial charge >= 0.3 is 0 Å². The van der Waals surface area contributed by atoms with Crippen LogP contribution < -0.4 is 0 Å². The molecule has 0 aliphatic rings. The summed E-state index contributed by atoms with van der Waals surface area (Å²) in [5.74, 6) is -0.0773. The number of allylic oxidation sites excluding steroid dienone is 2. The molecule has 0 aliphatic heterocycles. The molecule has 0 radical (unpaired) electrons. The topological polar surface area (TPSA) is 0 Å². The van der Waals surface area contributed by atoms with E-state index in [4.69, 9.17) is 0 Å². The quantitative estimate of drug-likeness (QED) is 0.630. The fourth-order valence-electron chi connectivity index (χ4n) is 1.64. The molecule has 1 aromatic carbocycles. The van der Waals surface area contributed by atoms with Gasteiger partial charge in [0.1, 0.15) is 5.82 Å². The van der Waals surface area contributed by atoms with Gasteiger partial charge in [-0.25, -0.2) is 4.39 Å². The van der Waals surface area contributed by atoms with E-state index in [2.05, 4.69) is 13.2 Å². The smallest absolute Gasteiger partial charge is 0.123 e. The third-order valence-electron chi connectivity index (χ3n) is 2.19. The second-order valence-corrected chi connectivity index (χ2v) is 3.68. The average molecular weight is 190 g/mol. The van der Waals surface area contributed by atoms with Crippen LogP contribution in [0.2, 0.25) is 0 Å². The van der Waals surface area contributed by atoms with E-state index in [0.717, 1.165) is 16.7 Å². The molecule has 0 atom stereocenters. The molecule has 74 valence electrons. The monoisotopic (exact) mass is 190 g/mol. The first-order chi connectivity index (χ1) is 6.52. The first-order valence-corrected chi connectivity index (χ1v) is 4.58. The number of hydrogen-bond donors (Lipinski definition) is 0. The van der Waals surface area contributed by atoms with E-state index in [1.54, 1.807) is 12.1 Å². The number of hydrogen-bond acceptors (Lipinski definition) is 0. The molecule has 0 saturated heterocycles. The van der Waals surface area contributed by atoms with Crippen LogP contribution >= 0.6 is 0 Å². The second kappa shape index (κ2) is 4.23. The van der Waals surface area contributed by atoms with Crippen LogP contribution in [0.25, 0.3) is 0 Å². The minimum absolute atomic E-state index is 0.135. The van der Waals surface area contributed by atoms with Crippen molar-refractivity contribution in [2.24, 2.45) is 0 Å². The van der Waals surface area contributed by atoms with Crippen LogP contribution in [0, 0.1) is 5.82 Å². The largest absolute Gasteiger partial charge is 0.207 e. The van der Waals surface area contributed by atoms with Gasteiger partial charge in [-0.1, -0.05) is 36.4 Å². The fraction of sp³-hybridized carbons (Fsp3) is 0.231. The third-order valence-corrected chi connectivity index (χ3v) is 2.19. The Morgan fingerprint density at radius 1 is 1.07 bits per heavy atom. The normalized spacial score (nSPS) is 10.3. The zero-order chi connectivity index (χ0) is 10.7. The van der Waals surface area contributed by atoms with E-state index < -0.39 is 0 Å². The predicted octanol–water partition coefficient (Wildman–Crippen LogP) is 4.06. The maximum atomic E-state index is 12.7. The Labute approximate surface area is 84.8 Å². The molecular formula is C13H15F. The zero-order valence-electron chi connectivity index (χ0n) is 8.68. The molecule has 14 heavy (non-hydrogen) atoms. The van der Waals surface area contributed by atoms with Crippen LogP contribution in [0.15, 0.2) is 48.6 Å². The molecule has 1 rings (SSSR count). The van der Waals surface area contributed by atoms with E-state index in [1.165, 1.54) is 12.1 Å². The van der Waals surface area contributed by atoms with Gasteiger partial charge in [-0.05, 0) is 31.5 Å². The Kier molecular flexibility index (Phi) is 3.23. The molecule has 1 aromatic rings. The Balaban J connectivity index is 3.06. The average Bonchev–Trinajstić information content (AvgIpc) is 2.07. The highest BCUT2D eigenvalue weighted by Crippen LogP contribution is 2.29. The van der Waals surface area contributed by atoms with Crippen molar-refractivity contribution in [3.05, 3.63) is 60.0 Å². The molecule has 0 bridgehead atoms. The van der Waals surface area contributed by atoms with E-state index in [1.807, 2.05) is 13.8 Å². The number of halogens is 1. The lowest BCUT2D eigenvalue weighted by Gasteiger charge is -2.17. The van der Waals surface area contributed by atoms with Crippen LogP contribution in [-0.4, -0.2) is 0 Å². The van der Waals surface area contributed by atoms with Gasteiger partial charge in [0, 0.05) is 5.92 Å². The summed E-state index contributed by atoms with van der Waals surface area (Å²) >= 11 is 0. The van der Waals surface area contributed by atoms with Gasteiger partial charge in [0.25, 0.3) is 0 Å². The van der Waals surface area contributed by atoms with Gasteiger partial charge in [-0.2, -0.15) is 0 Å². The Morgan fingerprint density at radius 3 is 1.86 bits per heavy atom. The molecule has 0 nitrogen and oxygen atoms in total. The second-order valence-electron chi connectivity index (χ2n) is 3.68. The van der Waals surface area contributed by atoms with Crippen LogP contribution in [0.5, 0.6) is 0 Å². The highest BCUT2D eigenvalue weighted by atomic mass is 19.1. The van der Waals surface area contributed by atoms with Crippen molar-refractivity contribution in [2.75, 3.05) is 0 Å². The van der Waals surface area contributed by atoms with Crippen LogP contribution in [0.4, 0.5) is 4.39 Å². The van der Waals surface area contributed by atoms with Gasteiger partial charge in [0.2, 0.25) is 0 Å². The number of rotatable bonds is 3. The van der Waals surface area contributed by atoms with Crippen molar-refractivity contribution < 1.29 is 4.39 Å². The highest BCUT2D eigenvalue weighted by molar-refractivity contribution is 5.35.